The lowest BCUT2D eigenvalue weighted by atomic mass is 9.97. The molecule has 2 saturated heterocycles. The van der Waals surface area contributed by atoms with Gasteiger partial charge in [-0.2, -0.15) is 0 Å². The number of piperidine rings is 1. The second-order valence-corrected chi connectivity index (χ2v) is 7.55. The van der Waals surface area contributed by atoms with Crippen LogP contribution in [0.5, 0.6) is 5.75 Å². The first kappa shape index (κ1) is 18.3. The number of para-hydroxylation sites is 2. The van der Waals surface area contributed by atoms with Crippen molar-refractivity contribution in [3.8, 4) is 5.75 Å². The minimum absolute atomic E-state index is 0.448. The van der Waals surface area contributed by atoms with Crippen molar-refractivity contribution in [3.05, 3.63) is 60.2 Å². The summed E-state index contributed by atoms with van der Waals surface area (Å²) in [7, 11) is 0. The first-order chi connectivity index (χ1) is 13.4. The number of rotatable bonds is 6. The van der Waals surface area contributed by atoms with Crippen molar-refractivity contribution in [1.29, 1.82) is 0 Å². The predicted molar refractivity (Wildman–Crippen MR) is 112 cm³/mol. The van der Waals surface area contributed by atoms with Gasteiger partial charge in [-0.3, -0.25) is 4.90 Å². The number of ether oxygens (including phenoxy) is 1. The van der Waals surface area contributed by atoms with Crippen LogP contribution in [0.2, 0.25) is 0 Å². The average Bonchev–Trinajstić information content (AvgIpc) is 2.76. The zero-order valence-electron chi connectivity index (χ0n) is 16.1. The van der Waals surface area contributed by atoms with Gasteiger partial charge >= 0.3 is 0 Å². The van der Waals surface area contributed by atoms with E-state index in [1.54, 1.807) is 0 Å². The SMILES string of the molecule is c1ccc(N2CCN(CCOc3ccccc3C3CCCCN3)CC2)cc1. The molecule has 0 aromatic heterocycles. The number of piperazine rings is 1. The van der Waals surface area contributed by atoms with E-state index in [4.69, 9.17) is 4.74 Å². The molecular weight excluding hydrogens is 334 g/mol. The van der Waals surface area contributed by atoms with Crippen LogP contribution in [0.25, 0.3) is 0 Å². The Morgan fingerprint density at radius 1 is 0.889 bits per heavy atom. The maximum absolute atomic E-state index is 6.21. The van der Waals surface area contributed by atoms with Gasteiger partial charge in [0.25, 0.3) is 0 Å². The van der Waals surface area contributed by atoms with E-state index in [0.717, 1.165) is 51.6 Å². The lowest BCUT2D eigenvalue weighted by Gasteiger charge is -2.36. The summed E-state index contributed by atoms with van der Waals surface area (Å²) in [5, 5.41) is 3.64. The van der Waals surface area contributed by atoms with E-state index in [1.807, 2.05) is 0 Å². The standard InChI is InChI=1S/C23H31N3O/c1-2-8-20(9-3-1)26-16-14-25(15-17-26)18-19-27-23-12-5-4-10-21(23)22-11-6-7-13-24-22/h1-5,8-10,12,22,24H,6-7,11,13-19H2. The summed E-state index contributed by atoms with van der Waals surface area (Å²) >= 11 is 0. The van der Waals surface area contributed by atoms with Crippen LogP contribution >= 0.6 is 0 Å². The van der Waals surface area contributed by atoms with Gasteiger partial charge in [-0.25, -0.2) is 0 Å². The molecule has 0 amide bonds. The first-order valence-electron chi connectivity index (χ1n) is 10.4. The highest BCUT2D eigenvalue weighted by Gasteiger charge is 2.19. The number of anilines is 1. The second-order valence-electron chi connectivity index (χ2n) is 7.55. The minimum Gasteiger partial charge on any atom is -0.492 e. The Labute approximate surface area is 163 Å². The van der Waals surface area contributed by atoms with Crippen LogP contribution in [-0.4, -0.2) is 50.8 Å². The van der Waals surface area contributed by atoms with Crippen molar-refractivity contribution in [2.24, 2.45) is 0 Å². The van der Waals surface area contributed by atoms with Gasteiger partial charge in [-0.05, 0) is 37.6 Å². The molecule has 2 aliphatic rings. The van der Waals surface area contributed by atoms with Gasteiger partial charge in [0.05, 0.1) is 0 Å². The third kappa shape index (κ3) is 4.82. The average molecular weight is 366 g/mol. The smallest absolute Gasteiger partial charge is 0.124 e. The molecule has 2 heterocycles. The third-order valence-electron chi connectivity index (χ3n) is 5.76. The lowest BCUT2D eigenvalue weighted by Crippen LogP contribution is -2.47. The number of benzene rings is 2. The fourth-order valence-corrected chi connectivity index (χ4v) is 4.17. The van der Waals surface area contributed by atoms with Crippen molar-refractivity contribution in [2.45, 2.75) is 25.3 Å². The fourth-order valence-electron chi connectivity index (χ4n) is 4.17. The quantitative estimate of drug-likeness (QED) is 0.845. The van der Waals surface area contributed by atoms with E-state index in [0.29, 0.717) is 6.04 Å². The summed E-state index contributed by atoms with van der Waals surface area (Å²) < 4.78 is 6.21. The zero-order valence-corrected chi connectivity index (χ0v) is 16.1. The highest BCUT2D eigenvalue weighted by molar-refractivity contribution is 5.46. The molecule has 0 saturated carbocycles. The highest BCUT2D eigenvalue weighted by atomic mass is 16.5. The molecule has 1 unspecified atom stereocenters. The molecule has 0 aliphatic carbocycles. The van der Waals surface area contributed by atoms with Crippen molar-refractivity contribution >= 4 is 5.69 Å². The van der Waals surface area contributed by atoms with Crippen molar-refractivity contribution < 1.29 is 4.74 Å². The number of nitrogens with one attached hydrogen (secondary N) is 1. The molecule has 2 aromatic carbocycles. The van der Waals surface area contributed by atoms with Crippen LogP contribution in [0.4, 0.5) is 5.69 Å². The van der Waals surface area contributed by atoms with Crippen LogP contribution in [0.1, 0.15) is 30.9 Å². The highest BCUT2D eigenvalue weighted by Crippen LogP contribution is 2.30. The Bertz CT molecular complexity index is 692. The topological polar surface area (TPSA) is 27.7 Å². The minimum atomic E-state index is 0.448. The van der Waals surface area contributed by atoms with Gasteiger partial charge < -0.3 is 15.0 Å². The van der Waals surface area contributed by atoms with Crippen LogP contribution in [0.15, 0.2) is 54.6 Å². The summed E-state index contributed by atoms with van der Waals surface area (Å²) in [5.74, 6) is 1.06. The van der Waals surface area contributed by atoms with Crippen LogP contribution in [0, 0.1) is 0 Å². The molecule has 4 nitrogen and oxygen atoms in total. The maximum Gasteiger partial charge on any atom is 0.124 e. The van der Waals surface area contributed by atoms with E-state index < -0.39 is 0 Å². The first-order valence-corrected chi connectivity index (χ1v) is 10.4. The van der Waals surface area contributed by atoms with Gasteiger partial charge in [0.1, 0.15) is 12.4 Å². The Morgan fingerprint density at radius 3 is 2.44 bits per heavy atom. The Balaban J connectivity index is 1.25. The molecule has 27 heavy (non-hydrogen) atoms. The summed E-state index contributed by atoms with van der Waals surface area (Å²) in [6.45, 7) is 7.25. The normalized spacial score (nSPS) is 21.2. The van der Waals surface area contributed by atoms with E-state index in [2.05, 4.69) is 69.7 Å². The molecule has 4 heteroatoms. The molecule has 144 valence electrons. The molecular formula is C23H31N3O. The maximum atomic E-state index is 6.21. The van der Waals surface area contributed by atoms with Crippen molar-refractivity contribution in [2.75, 3.05) is 50.8 Å². The largest absolute Gasteiger partial charge is 0.492 e. The molecule has 0 spiro atoms. The zero-order chi connectivity index (χ0) is 18.3. The number of hydrogen-bond acceptors (Lipinski definition) is 4. The summed E-state index contributed by atoms with van der Waals surface area (Å²) in [6.07, 6.45) is 3.80. The molecule has 0 bridgehead atoms. The molecule has 0 radical (unpaired) electrons. The van der Waals surface area contributed by atoms with Gasteiger partial charge in [-0.1, -0.05) is 42.8 Å². The Hall–Kier alpha value is -2.04. The molecule has 2 fully saturated rings. The summed E-state index contributed by atoms with van der Waals surface area (Å²) in [4.78, 5) is 4.99. The van der Waals surface area contributed by atoms with Gasteiger partial charge in [0.2, 0.25) is 0 Å². The molecule has 2 aliphatic heterocycles. The van der Waals surface area contributed by atoms with Gasteiger partial charge in [0.15, 0.2) is 0 Å². The molecule has 1 N–H and O–H groups in total. The van der Waals surface area contributed by atoms with E-state index in [-0.39, 0.29) is 0 Å². The Morgan fingerprint density at radius 2 is 1.67 bits per heavy atom. The van der Waals surface area contributed by atoms with Crippen LogP contribution in [-0.2, 0) is 0 Å². The van der Waals surface area contributed by atoms with E-state index in [9.17, 15) is 0 Å². The monoisotopic (exact) mass is 365 g/mol. The van der Waals surface area contributed by atoms with Gasteiger partial charge in [-0.15, -0.1) is 0 Å². The second kappa shape index (κ2) is 9.25. The number of nitrogens with zero attached hydrogens (tertiary/aromatic N) is 2. The summed E-state index contributed by atoms with van der Waals surface area (Å²) in [5.41, 5.74) is 2.66. The summed E-state index contributed by atoms with van der Waals surface area (Å²) in [6, 6.07) is 19.7. The van der Waals surface area contributed by atoms with Crippen molar-refractivity contribution in [1.82, 2.24) is 10.2 Å². The van der Waals surface area contributed by atoms with E-state index >= 15 is 0 Å². The van der Waals surface area contributed by atoms with Gasteiger partial charge in [0, 0.05) is 50.0 Å². The Kier molecular flexibility index (Phi) is 6.28. The molecule has 1 atom stereocenters. The molecule has 2 aromatic rings. The fraction of sp³-hybridized carbons (Fsp3) is 0.478. The van der Waals surface area contributed by atoms with Crippen LogP contribution in [0.3, 0.4) is 0 Å². The lowest BCUT2D eigenvalue weighted by molar-refractivity contribution is 0.198. The van der Waals surface area contributed by atoms with E-state index in [1.165, 1.54) is 30.5 Å². The van der Waals surface area contributed by atoms with Crippen LogP contribution < -0.4 is 15.0 Å². The van der Waals surface area contributed by atoms with Crippen molar-refractivity contribution in [3.63, 3.8) is 0 Å². The third-order valence-corrected chi connectivity index (χ3v) is 5.76. The number of hydrogen-bond donors (Lipinski definition) is 1. The molecule has 4 rings (SSSR count). The predicted octanol–water partition coefficient (Wildman–Crippen LogP) is 3.70.